The molecular formula is C30H26BrN3O4S. The number of halogens is 1. The van der Waals surface area contributed by atoms with Crippen molar-refractivity contribution in [3.63, 3.8) is 0 Å². The molecule has 39 heavy (non-hydrogen) atoms. The number of thioether (sulfide) groups is 1. The van der Waals surface area contributed by atoms with Crippen molar-refractivity contribution in [2.24, 2.45) is 0 Å². The summed E-state index contributed by atoms with van der Waals surface area (Å²) < 4.78 is 8.64. The molecule has 4 aromatic rings. The molecule has 2 heterocycles. The van der Waals surface area contributed by atoms with E-state index in [1.165, 1.54) is 0 Å². The first-order valence-electron chi connectivity index (χ1n) is 12.4. The topological polar surface area (TPSA) is 80.6 Å². The van der Waals surface area contributed by atoms with E-state index in [0.29, 0.717) is 29.5 Å². The molecule has 0 unspecified atom stereocenters. The molecule has 0 saturated carbocycles. The standard InChI is InChI=1S/C30H26BrN3O4S/c1-3-38-23-14-12-22(13-15-23)32-28(35)18-34-29(36)27(39-30(34)37)16-25-19(2)33(26-7-5-4-6-24(25)26)17-20-8-10-21(31)11-9-20/h4-16H,3,17-18H2,1-2H3,(H,32,35)/b27-16+. The number of ether oxygens (including phenoxy) is 1. The monoisotopic (exact) mass is 603 g/mol. The number of aromatic nitrogens is 1. The Morgan fingerprint density at radius 3 is 2.46 bits per heavy atom. The molecule has 0 bridgehead atoms. The highest BCUT2D eigenvalue weighted by Crippen LogP contribution is 2.36. The number of anilines is 1. The van der Waals surface area contributed by atoms with Gasteiger partial charge in [-0.3, -0.25) is 19.3 Å². The van der Waals surface area contributed by atoms with Gasteiger partial charge in [-0.25, -0.2) is 0 Å². The fraction of sp³-hybridized carbons (Fsp3) is 0.167. The molecule has 1 aromatic heterocycles. The van der Waals surface area contributed by atoms with Crippen LogP contribution in [-0.2, 0) is 16.1 Å². The summed E-state index contributed by atoms with van der Waals surface area (Å²) >= 11 is 4.33. The zero-order chi connectivity index (χ0) is 27.5. The van der Waals surface area contributed by atoms with Crippen molar-refractivity contribution < 1.29 is 19.1 Å². The molecule has 0 atom stereocenters. The Labute approximate surface area is 238 Å². The van der Waals surface area contributed by atoms with E-state index in [1.54, 1.807) is 30.3 Å². The number of hydrogen-bond donors (Lipinski definition) is 1. The third kappa shape index (κ3) is 5.79. The van der Waals surface area contributed by atoms with Crippen molar-refractivity contribution in [1.29, 1.82) is 0 Å². The summed E-state index contributed by atoms with van der Waals surface area (Å²) in [5, 5.41) is 3.26. The Balaban J connectivity index is 1.36. The van der Waals surface area contributed by atoms with Gasteiger partial charge in [0.15, 0.2) is 0 Å². The Kier molecular flexibility index (Phi) is 7.90. The lowest BCUT2D eigenvalue weighted by Gasteiger charge is -2.12. The molecule has 1 saturated heterocycles. The van der Waals surface area contributed by atoms with Crippen LogP contribution in [0.2, 0.25) is 0 Å². The minimum atomic E-state index is -0.476. The maximum Gasteiger partial charge on any atom is 0.294 e. The van der Waals surface area contributed by atoms with Crippen LogP contribution in [0.25, 0.3) is 17.0 Å². The number of para-hydroxylation sites is 1. The molecule has 1 aliphatic rings. The summed E-state index contributed by atoms with van der Waals surface area (Å²) in [5.41, 5.74) is 4.61. The highest BCUT2D eigenvalue weighted by Gasteiger charge is 2.36. The lowest BCUT2D eigenvalue weighted by atomic mass is 10.1. The van der Waals surface area contributed by atoms with Crippen LogP contribution in [0.3, 0.4) is 0 Å². The number of benzene rings is 3. The average Bonchev–Trinajstić information content (AvgIpc) is 3.34. The van der Waals surface area contributed by atoms with Gasteiger partial charge in [-0.15, -0.1) is 0 Å². The summed E-state index contributed by atoms with van der Waals surface area (Å²) in [6.45, 7) is 4.76. The fourth-order valence-electron chi connectivity index (χ4n) is 4.53. The van der Waals surface area contributed by atoms with Crippen LogP contribution < -0.4 is 10.1 Å². The maximum absolute atomic E-state index is 13.2. The SMILES string of the molecule is CCOc1ccc(NC(=O)CN2C(=O)S/C(=C/c3c(C)n(Cc4ccc(Br)cc4)c4ccccc34)C2=O)cc1. The van der Waals surface area contributed by atoms with Crippen molar-refractivity contribution in [3.05, 3.63) is 99.0 Å². The zero-order valence-corrected chi connectivity index (χ0v) is 23.8. The molecule has 1 fully saturated rings. The summed E-state index contributed by atoms with van der Waals surface area (Å²) in [6, 6.07) is 23.1. The summed E-state index contributed by atoms with van der Waals surface area (Å²) in [5.74, 6) is -0.235. The summed E-state index contributed by atoms with van der Waals surface area (Å²) in [6.07, 6.45) is 1.77. The van der Waals surface area contributed by atoms with Crippen molar-refractivity contribution in [2.45, 2.75) is 20.4 Å². The molecular weight excluding hydrogens is 578 g/mol. The van der Waals surface area contributed by atoms with E-state index in [-0.39, 0.29) is 6.54 Å². The van der Waals surface area contributed by atoms with Gasteiger partial charge in [0.2, 0.25) is 5.91 Å². The highest BCUT2D eigenvalue weighted by atomic mass is 79.9. The zero-order valence-electron chi connectivity index (χ0n) is 21.4. The number of imide groups is 1. The van der Waals surface area contributed by atoms with Gasteiger partial charge in [0, 0.05) is 38.9 Å². The van der Waals surface area contributed by atoms with E-state index < -0.39 is 17.1 Å². The van der Waals surface area contributed by atoms with Gasteiger partial charge in [-0.2, -0.15) is 0 Å². The lowest BCUT2D eigenvalue weighted by molar-refractivity contribution is -0.127. The van der Waals surface area contributed by atoms with Crippen molar-refractivity contribution in [3.8, 4) is 5.75 Å². The van der Waals surface area contributed by atoms with Crippen LogP contribution in [-0.4, -0.2) is 39.7 Å². The van der Waals surface area contributed by atoms with Gasteiger partial charge < -0.3 is 14.6 Å². The first kappa shape index (κ1) is 26.8. The van der Waals surface area contributed by atoms with Crippen LogP contribution in [0.15, 0.2) is 82.2 Å². The molecule has 1 aliphatic heterocycles. The minimum absolute atomic E-state index is 0.295. The summed E-state index contributed by atoms with van der Waals surface area (Å²) in [4.78, 5) is 39.9. The minimum Gasteiger partial charge on any atom is -0.494 e. The first-order valence-corrected chi connectivity index (χ1v) is 14.1. The van der Waals surface area contributed by atoms with Crippen molar-refractivity contribution in [1.82, 2.24) is 9.47 Å². The van der Waals surface area contributed by atoms with Gasteiger partial charge in [0.1, 0.15) is 12.3 Å². The quantitative estimate of drug-likeness (QED) is 0.223. The van der Waals surface area contributed by atoms with Gasteiger partial charge in [-0.05, 0) is 79.7 Å². The number of nitrogens with zero attached hydrogens (tertiary/aromatic N) is 2. The number of rotatable bonds is 8. The van der Waals surface area contributed by atoms with E-state index in [1.807, 2.05) is 44.2 Å². The molecule has 1 N–H and O–H groups in total. The van der Waals surface area contributed by atoms with Gasteiger partial charge in [-0.1, -0.05) is 46.3 Å². The van der Waals surface area contributed by atoms with E-state index in [0.717, 1.165) is 48.9 Å². The van der Waals surface area contributed by atoms with Gasteiger partial charge in [0.05, 0.1) is 11.5 Å². The molecule has 3 amide bonds. The number of amides is 3. The predicted molar refractivity (Wildman–Crippen MR) is 159 cm³/mol. The van der Waals surface area contributed by atoms with Crippen LogP contribution in [0.1, 0.15) is 23.7 Å². The van der Waals surface area contributed by atoms with Crippen LogP contribution in [0, 0.1) is 6.92 Å². The van der Waals surface area contributed by atoms with Gasteiger partial charge in [0.25, 0.3) is 11.1 Å². The molecule has 7 nitrogen and oxygen atoms in total. The largest absolute Gasteiger partial charge is 0.494 e. The number of fused-ring (bicyclic) bond motifs is 1. The lowest BCUT2D eigenvalue weighted by Crippen LogP contribution is -2.36. The Morgan fingerprint density at radius 1 is 1.03 bits per heavy atom. The van der Waals surface area contributed by atoms with E-state index in [2.05, 4.69) is 44.0 Å². The van der Waals surface area contributed by atoms with Crippen LogP contribution >= 0.6 is 27.7 Å². The van der Waals surface area contributed by atoms with Crippen molar-refractivity contribution >= 4 is 67.4 Å². The smallest absolute Gasteiger partial charge is 0.294 e. The number of nitrogens with one attached hydrogen (secondary N) is 1. The summed E-state index contributed by atoms with van der Waals surface area (Å²) in [7, 11) is 0. The average molecular weight is 605 g/mol. The highest BCUT2D eigenvalue weighted by molar-refractivity contribution is 9.10. The maximum atomic E-state index is 13.2. The Bertz CT molecular complexity index is 1590. The third-order valence-corrected chi connectivity index (χ3v) is 7.87. The first-order chi connectivity index (χ1) is 18.8. The van der Waals surface area contributed by atoms with E-state index >= 15 is 0 Å². The normalized spacial score (nSPS) is 14.4. The molecule has 9 heteroatoms. The second-order valence-corrected chi connectivity index (χ2v) is 10.9. The number of carbonyl (C=O) groups excluding carboxylic acids is 3. The molecule has 0 spiro atoms. The molecule has 3 aromatic carbocycles. The molecule has 5 rings (SSSR count). The van der Waals surface area contributed by atoms with Crippen molar-refractivity contribution in [2.75, 3.05) is 18.5 Å². The van der Waals surface area contributed by atoms with E-state index in [9.17, 15) is 14.4 Å². The van der Waals surface area contributed by atoms with Gasteiger partial charge >= 0.3 is 0 Å². The van der Waals surface area contributed by atoms with Crippen LogP contribution in [0.4, 0.5) is 10.5 Å². The molecule has 0 radical (unpaired) electrons. The molecule has 0 aliphatic carbocycles. The number of hydrogen-bond acceptors (Lipinski definition) is 5. The van der Waals surface area contributed by atoms with E-state index in [4.69, 9.17) is 4.74 Å². The molecule has 198 valence electrons. The fourth-order valence-corrected chi connectivity index (χ4v) is 5.61. The third-order valence-electron chi connectivity index (χ3n) is 6.43. The Morgan fingerprint density at radius 2 is 1.74 bits per heavy atom. The predicted octanol–water partition coefficient (Wildman–Crippen LogP) is 6.83. The second-order valence-electron chi connectivity index (χ2n) is 9.00. The van der Waals surface area contributed by atoms with Crippen LogP contribution in [0.5, 0.6) is 5.75 Å². The Hall–Kier alpha value is -3.82. The second kappa shape index (κ2) is 11.5. The number of carbonyl (C=O) groups is 3.